The molecule has 175 valence electrons. The highest BCUT2D eigenvalue weighted by Gasteiger charge is 2.17. The largest absolute Gasteiger partial charge is 0.366 e. The SMILES string of the molecule is Cc1cnc(Cc2ccc(CN3CCN([B]C=O)CC3)cc2)nc1C#Cc1cccc(C(N)=O)c1. The molecule has 0 aliphatic carbocycles. The molecular weight excluding hydrogens is 437 g/mol. The first-order chi connectivity index (χ1) is 17.0. The summed E-state index contributed by atoms with van der Waals surface area (Å²) in [6.07, 6.45) is 3.26. The number of aryl methyl sites for hydroxylation is 1. The average Bonchev–Trinajstić information content (AvgIpc) is 2.87. The fourth-order valence-corrected chi connectivity index (χ4v) is 3.93. The van der Waals surface area contributed by atoms with Crippen LogP contribution >= 0.6 is 0 Å². The molecule has 4 rings (SSSR count). The van der Waals surface area contributed by atoms with Gasteiger partial charge in [-0.2, -0.15) is 0 Å². The van der Waals surface area contributed by atoms with Crippen molar-refractivity contribution in [1.29, 1.82) is 0 Å². The number of carbonyl (C=O) groups excluding carboxylic acids is 2. The molecule has 1 amide bonds. The smallest absolute Gasteiger partial charge is 0.293 e. The summed E-state index contributed by atoms with van der Waals surface area (Å²) < 4.78 is 0. The van der Waals surface area contributed by atoms with E-state index in [0.29, 0.717) is 29.1 Å². The lowest BCUT2D eigenvalue weighted by Gasteiger charge is -2.33. The quantitative estimate of drug-likeness (QED) is 0.326. The molecule has 1 aromatic heterocycles. The summed E-state index contributed by atoms with van der Waals surface area (Å²) in [5, 5.41) is 0. The summed E-state index contributed by atoms with van der Waals surface area (Å²) in [6.45, 7) is 6.47. The van der Waals surface area contributed by atoms with E-state index in [1.807, 2.05) is 13.0 Å². The molecule has 3 aromatic rings. The minimum Gasteiger partial charge on any atom is -0.366 e. The van der Waals surface area contributed by atoms with Gasteiger partial charge in [-0.3, -0.25) is 9.69 Å². The van der Waals surface area contributed by atoms with E-state index in [4.69, 9.17) is 5.73 Å². The molecule has 0 unspecified atom stereocenters. The Morgan fingerprint density at radius 2 is 1.83 bits per heavy atom. The van der Waals surface area contributed by atoms with Crippen LogP contribution in [-0.2, 0) is 17.8 Å². The van der Waals surface area contributed by atoms with Crippen molar-refractivity contribution in [3.8, 4) is 11.8 Å². The maximum atomic E-state index is 11.4. The third kappa shape index (κ3) is 6.86. The van der Waals surface area contributed by atoms with Crippen LogP contribution in [0.5, 0.6) is 0 Å². The number of amides is 1. The first-order valence-corrected chi connectivity index (χ1v) is 11.6. The molecule has 0 bridgehead atoms. The van der Waals surface area contributed by atoms with Gasteiger partial charge in [-0.05, 0) is 42.2 Å². The number of hydrogen-bond donors (Lipinski definition) is 1. The topological polar surface area (TPSA) is 92.4 Å². The average molecular weight is 464 g/mol. The highest BCUT2D eigenvalue weighted by Crippen LogP contribution is 2.13. The number of piperazine rings is 1. The highest BCUT2D eigenvalue weighted by atomic mass is 16.1. The Kier molecular flexibility index (Phi) is 8.04. The molecule has 7 nitrogen and oxygen atoms in total. The van der Waals surface area contributed by atoms with E-state index in [9.17, 15) is 9.59 Å². The number of benzene rings is 2. The van der Waals surface area contributed by atoms with Crippen LogP contribution in [0.2, 0.25) is 0 Å². The molecule has 35 heavy (non-hydrogen) atoms. The Morgan fingerprint density at radius 3 is 2.54 bits per heavy atom. The Bertz CT molecular complexity index is 1260. The maximum Gasteiger partial charge on any atom is 0.293 e. The number of primary amides is 1. The Balaban J connectivity index is 1.39. The van der Waals surface area contributed by atoms with Gasteiger partial charge in [0.05, 0.1) is 6.19 Å². The maximum absolute atomic E-state index is 11.4. The van der Waals surface area contributed by atoms with E-state index in [-0.39, 0.29) is 0 Å². The van der Waals surface area contributed by atoms with Gasteiger partial charge in [-0.15, -0.1) is 0 Å². The lowest BCUT2D eigenvalue weighted by atomic mass is 9.93. The monoisotopic (exact) mass is 464 g/mol. The third-order valence-electron chi connectivity index (χ3n) is 5.96. The summed E-state index contributed by atoms with van der Waals surface area (Å²) in [6, 6.07) is 15.5. The molecule has 1 fully saturated rings. The lowest BCUT2D eigenvalue weighted by Crippen LogP contribution is -2.47. The molecule has 1 aliphatic heterocycles. The Hall–Kier alpha value is -3.80. The lowest BCUT2D eigenvalue weighted by molar-refractivity contribution is 0.1000. The normalized spacial score (nSPS) is 14.1. The van der Waals surface area contributed by atoms with E-state index in [1.165, 1.54) is 5.56 Å². The third-order valence-corrected chi connectivity index (χ3v) is 5.96. The molecule has 0 saturated carbocycles. The molecule has 0 spiro atoms. The summed E-state index contributed by atoms with van der Waals surface area (Å²) >= 11 is 0. The van der Waals surface area contributed by atoms with Crippen LogP contribution in [-0.4, -0.2) is 65.4 Å². The van der Waals surface area contributed by atoms with Crippen LogP contribution in [0.4, 0.5) is 0 Å². The zero-order chi connectivity index (χ0) is 24.6. The van der Waals surface area contributed by atoms with Crippen molar-refractivity contribution < 1.29 is 9.59 Å². The minimum atomic E-state index is -0.476. The van der Waals surface area contributed by atoms with Crippen molar-refractivity contribution in [2.75, 3.05) is 26.2 Å². The number of nitrogens with two attached hydrogens (primary N) is 1. The van der Waals surface area contributed by atoms with E-state index in [2.05, 4.69) is 55.8 Å². The van der Waals surface area contributed by atoms with Gasteiger partial charge in [0.25, 0.3) is 7.41 Å². The van der Waals surface area contributed by atoms with Gasteiger partial charge < -0.3 is 15.3 Å². The van der Waals surface area contributed by atoms with Crippen LogP contribution in [0.25, 0.3) is 0 Å². The first-order valence-electron chi connectivity index (χ1n) is 11.6. The van der Waals surface area contributed by atoms with Crippen LogP contribution in [0.3, 0.4) is 0 Å². The summed E-state index contributed by atoms with van der Waals surface area (Å²) in [5.41, 5.74) is 10.5. The Morgan fingerprint density at radius 1 is 1.09 bits per heavy atom. The molecule has 2 heterocycles. The van der Waals surface area contributed by atoms with Crippen LogP contribution in [0, 0.1) is 18.8 Å². The molecular formula is C27H27BN5O2. The van der Waals surface area contributed by atoms with E-state index in [1.54, 1.807) is 31.8 Å². The van der Waals surface area contributed by atoms with Gasteiger partial charge >= 0.3 is 0 Å². The highest BCUT2D eigenvalue weighted by molar-refractivity contribution is 6.64. The summed E-state index contributed by atoms with van der Waals surface area (Å²) in [4.78, 5) is 35.6. The molecule has 2 N–H and O–H groups in total. The fraction of sp³-hybridized carbons (Fsp3) is 0.259. The second kappa shape index (κ2) is 11.6. The molecule has 1 radical (unpaired) electrons. The number of carbonyl (C=O) groups is 2. The van der Waals surface area contributed by atoms with Crippen molar-refractivity contribution >= 4 is 19.5 Å². The van der Waals surface area contributed by atoms with Crippen molar-refractivity contribution in [2.24, 2.45) is 5.73 Å². The molecule has 0 atom stereocenters. The summed E-state index contributed by atoms with van der Waals surface area (Å²) in [5.74, 6) is 6.41. The standard InChI is InChI=1S/C27H27BN5O2/c1-20-17-30-26(31-25(20)10-9-21-3-2-4-24(15-21)27(29)35)16-22-5-7-23(8-6-22)18-32-11-13-33(14-12-32)28-19-34/h2-8,15,17,19H,11-14,16,18H2,1H3,(H2,29,35). The second-order valence-corrected chi connectivity index (χ2v) is 8.60. The zero-order valence-corrected chi connectivity index (χ0v) is 19.8. The Labute approximate surface area is 206 Å². The molecule has 8 heteroatoms. The predicted octanol–water partition coefficient (Wildman–Crippen LogP) is 1.80. The van der Waals surface area contributed by atoms with Crippen LogP contribution in [0.15, 0.2) is 54.7 Å². The predicted molar refractivity (Wildman–Crippen MR) is 136 cm³/mol. The van der Waals surface area contributed by atoms with Gasteiger partial charge in [0.1, 0.15) is 11.5 Å². The molecule has 1 saturated heterocycles. The minimum absolute atomic E-state index is 0.430. The van der Waals surface area contributed by atoms with Crippen LogP contribution < -0.4 is 5.73 Å². The number of hydrogen-bond acceptors (Lipinski definition) is 6. The summed E-state index contributed by atoms with van der Waals surface area (Å²) in [7, 11) is 1.62. The van der Waals surface area contributed by atoms with E-state index in [0.717, 1.165) is 50.0 Å². The second-order valence-electron chi connectivity index (χ2n) is 8.60. The number of rotatable bonds is 7. The van der Waals surface area contributed by atoms with Crippen molar-refractivity contribution in [3.63, 3.8) is 0 Å². The van der Waals surface area contributed by atoms with Gasteiger partial charge in [-0.25, -0.2) is 9.97 Å². The molecule has 2 aromatic carbocycles. The van der Waals surface area contributed by atoms with Gasteiger partial charge in [0, 0.05) is 62.0 Å². The first kappa shape index (κ1) is 24.3. The van der Waals surface area contributed by atoms with Gasteiger partial charge in [-0.1, -0.05) is 36.3 Å². The van der Waals surface area contributed by atoms with E-state index < -0.39 is 5.91 Å². The van der Waals surface area contributed by atoms with Crippen molar-refractivity contribution in [1.82, 2.24) is 19.7 Å². The number of nitrogens with zero attached hydrogens (tertiary/aromatic N) is 4. The molecule has 1 aliphatic rings. The zero-order valence-electron chi connectivity index (χ0n) is 19.8. The van der Waals surface area contributed by atoms with Crippen LogP contribution in [0.1, 0.15) is 44.1 Å². The van der Waals surface area contributed by atoms with Gasteiger partial charge in [0.2, 0.25) is 5.91 Å². The fourth-order valence-electron chi connectivity index (χ4n) is 3.93. The van der Waals surface area contributed by atoms with Gasteiger partial charge in [0.15, 0.2) is 0 Å². The van der Waals surface area contributed by atoms with Crippen molar-refractivity contribution in [2.45, 2.75) is 19.9 Å². The van der Waals surface area contributed by atoms with E-state index >= 15 is 0 Å². The van der Waals surface area contributed by atoms with Crippen molar-refractivity contribution in [3.05, 3.63) is 94.1 Å². The number of aromatic nitrogens is 2.